The Balaban J connectivity index is 1.10. The topological polar surface area (TPSA) is 93.4 Å². The van der Waals surface area contributed by atoms with E-state index in [1.807, 2.05) is 115 Å². The molecule has 4 aromatic heterocycles. The number of fused-ring (bicyclic) bond motifs is 3. The van der Waals surface area contributed by atoms with Crippen molar-refractivity contribution in [2.24, 2.45) is 0 Å². The smallest absolute Gasteiger partial charge is 0.234 e. The number of benzene rings is 6. The van der Waals surface area contributed by atoms with Crippen molar-refractivity contribution in [2.45, 2.75) is 39.5 Å². The molecule has 0 N–H and O–H groups in total. The third-order valence-electron chi connectivity index (χ3n) is 11.2. The summed E-state index contributed by atoms with van der Waals surface area (Å²) in [6.07, 6.45) is 6.94. The van der Waals surface area contributed by atoms with Gasteiger partial charge in [-0.15, -0.1) is 0 Å². The molecule has 9 heteroatoms. The summed E-state index contributed by atoms with van der Waals surface area (Å²) in [6.45, 7) is 8.71. The lowest BCUT2D eigenvalue weighted by atomic mass is 9.91. The van der Waals surface area contributed by atoms with Crippen molar-refractivity contribution >= 4 is 21.8 Å². The van der Waals surface area contributed by atoms with Crippen LogP contribution >= 0.6 is 0 Å². The van der Waals surface area contributed by atoms with Gasteiger partial charge >= 0.3 is 0 Å². The second-order valence-electron chi connectivity index (χ2n) is 16.3. The van der Waals surface area contributed by atoms with Gasteiger partial charge in [-0.25, -0.2) is 19.9 Å². The van der Waals surface area contributed by atoms with Crippen LogP contribution in [0.3, 0.4) is 0 Å². The van der Waals surface area contributed by atoms with Crippen molar-refractivity contribution in [2.75, 3.05) is 0 Å². The van der Waals surface area contributed by atoms with E-state index in [2.05, 4.69) is 90.8 Å². The first-order valence-electron chi connectivity index (χ1n) is 21.7. The lowest BCUT2D eigenvalue weighted by Gasteiger charge is -2.20. The fourth-order valence-corrected chi connectivity index (χ4v) is 8.28. The molecule has 0 unspecified atom stereocenters. The van der Waals surface area contributed by atoms with Gasteiger partial charge in [-0.3, -0.25) is 4.57 Å². The molecular weight excluding hydrogens is 807 g/mol. The van der Waals surface area contributed by atoms with E-state index in [1.165, 1.54) is 0 Å². The highest BCUT2D eigenvalue weighted by molar-refractivity contribution is 6.09. The molecule has 6 aromatic carbocycles. The molecule has 0 aliphatic rings. The SMILES string of the molecule is CC(C)c1cc(Oc2ccccn2)cc(Oc2ccc3c4ccc(Oc5cc(Oc6ccccn6)cc(C(C)C)c5-c5ccccc5)cc4n(-c4ncccn4)c3c2)c1-c1ccccc1. The maximum Gasteiger partial charge on any atom is 0.234 e. The van der Waals surface area contributed by atoms with E-state index in [0.717, 1.165) is 55.2 Å². The lowest BCUT2D eigenvalue weighted by Crippen LogP contribution is -2.01. The Morgan fingerprint density at radius 2 is 0.815 bits per heavy atom. The summed E-state index contributed by atoms with van der Waals surface area (Å²) < 4.78 is 28.7. The maximum atomic E-state index is 6.97. The minimum atomic E-state index is 0.160. The van der Waals surface area contributed by atoms with Gasteiger partial charge < -0.3 is 18.9 Å². The van der Waals surface area contributed by atoms with E-state index >= 15 is 0 Å². The molecule has 0 saturated carbocycles. The van der Waals surface area contributed by atoms with Crippen LogP contribution in [0.5, 0.6) is 46.3 Å². The van der Waals surface area contributed by atoms with Gasteiger partial charge in [-0.1, -0.05) is 100 Å². The first kappa shape index (κ1) is 40.8. The number of aromatic nitrogens is 5. The third kappa shape index (κ3) is 8.47. The monoisotopic (exact) mass is 851 g/mol. The number of rotatable bonds is 13. The highest BCUT2D eigenvalue weighted by Crippen LogP contribution is 2.46. The predicted octanol–water partition coefficient (Wildman–Crippen LogP) is 15.1. The van der Waals surface area contributed by atoms with Gasteiger partial charge in [0.15, 0.2) is 0 Å². The number of hydrogen-bond donors (Lipinski definition) is 0. The summed E-state index contributed by atoms with van der Waals surface area (Å²) in [5.41, 5.74) is 7.98. The fourth-order valence-electron chi connectivity index (χ4n) is 8.28. The van der Waals surface area contributed by atoms with Crippen LogP contribution in [-0.4, -0.2) is 24.5 Å². The summed E-state index contributed by atoms with van der Waals surface area (Å²) in [5.74, 6) is 5.68. The summed E-state index contributed by atoms with van der Waals surface area (Å²) in [7, 11) is 0. The number of nitrogens with zero attached hydrogens (tertiary/aromatic N) is 5. The van der Waals surface area contributed by atoms with Crippen LogP contribution in [0.15, 0.2) is 189 Å². The molecule has 4 heterocycles. The number of ether oxygens (including phenoxy) is 4. The van der Waals surface area contributed by atoms with Crippen molar-refractivity contribution < 1.29 is 18.9 Å². The summed E-state index contributed by atoms with van der Waals surface area (Å²) in [4.78, 5) is 18.3. The van der Waals surface area contributed by atoms with Gasteiger partial charge in [-0.05, 0) is 88.7 Å². The molecule has 0 amide bonds. The Labute approximate surface area is 377 Å². The Bertz CT molecular complexity index is 3050. The predicted molar refractivity (Wildman–Crippen MR) is 257 cm³/mol. The zero-order chi connectivity index (χ0) is 44.3. The van der Waals surface area contributed by atoms with E-state index in [0.29, 0.717) is 52.2 Å². The van der Waals surface area contributed by atoms with Crippen LogP contribution in [0.25, 0.3) is 50.0 Å². The van der Waals surface area contributed by atoms with Crippen molar-refractivity contribution in [3.8, 4) is 74.5 Å². The van der Waals surface area contributed by atoms with Gasteiger partial charge in [0.25, 0.3) is 0 Å². The quantitative estimate of drug-likeness (QED) is 0.113. The van der Waals surface area contributed by atoms with Gasteiger partial charge in [0, 0.05) is 83.1 Å². The molecule has 0 atom stereocenters. The van der Waals surface area contributed by atoms with Crippen LogP contribution in [-0.2, 0) is 0 Å². The summed E-state index contributed by atoms with van der Waals surface area (Å²) in [6, 6.07) is 54.0. The molecule has 0 saturated heterocycles. The molecule has 10 aromatic rings. The van der Waals surface area contributed by atoms with E-state index in [9.17, 15) is 0 Å². The zero-order valence-electron chi connectivity index (χ0n) is 36.4. The van der Waals surface area contributed by atoms with Crippen LogP contribution in [0, 0.1) is 0 Å². The molecule has 0 bridgehead atoms. The zero-order valence-corrected chi connectivity index (χ0v) is 36.4. The summed E-state index contributed by atoms with van der Waals surface area (Å²) >= 11 is 0. The average Bonchev–Trinajstić information content (AvgIpc) is 3.65. The molecule has 65 heavy (non-hydrogen) atoms. The van der Waals surface area contributed by atoms with Gasteiger partial charge in [0.1, 0.15) is 34.5 Å². The minimum absolute atomic E-state index is 0.160. The van der Waals surface area contributed by atoms with Crippen molar-refractivity contribution in [3.05, 3.63) is 200 Å². The highest BCUT2D eigenvalue weighted by Gasteiger charge is 2.23. The average molecular weight is 852 g/mol. The number of hydrogen-bond acceptors (Lipinski definition) is 8. The molecular formula is C56H45N5O4. The normalized spacial score (nSPS) is 11.4. The Hall–Kier alpha value is -8.30. The largest absolute Gasteiger partial charge is 0.456 e. The fraction of sp³-hybridized carbons (Fsp3) is 0.107. The molecule has 0 fully saturated rings. The standard InChI is InChI=1S/C56H45N5O4/c1-36(2)46-30-42(64-52-20-11-13-26-57-52)34-50(54(46)38-16-7-5-8-17-38)62-40-22-24-44-45-25-23-41(33-49(45)61(48(44)32-40)56-59-28-15-29-60-56)63-51-35-43(65-53-21-12-14-27-58-53)31-47(37(3)4)55(51)39-18-9-6-10-19-39/h5-37H,1-4H3. The van der Waals surface area contributed by atoms with E-state index < -0.39 is 0 Å². The van der Waals surface area contributed by atoms with Gasteiger partial charge in [0.05, 0.1) is 11.0 Å². The first-order chi connectivity index (χ1) is 31.9. The molecule has 10 rings (SSSR count). The second-order valence-corrected chi connectivity index (χ2v) is 16.3. The molecule has 0 radical (unpaired) electrons. The second kappa shape index (κ2) is 17.8. The van der Waals surface area contributed by atoms with Crippen molar-refractivity contribution in [1.29, 1.82) is 0 Å². The van der Waals surface area contributed by atoms with Crippen LogP contribution in [0.2, 0.25) is 0 Å². The van der Waals surface area contributed by atoms with Gasteiger partial charge in [0.2, 0.25) is 17.7 Å². The Morgan fingerprint density at radius 1 is 0.385 bits per heavy atom. The first-order valence-corrected chi connectivity index (χ1v) is 21.7. The molecule has 0 aliphatic carbocycles. The van der Waals surface area contributed by atoms with Gasteiger partial charge in [-0.2, -0.15) is 0 Å². The highest BCUT2D eigenvalue weighted by atomic mass is 16.5. The van der Waals surface area contributed by atoms with Crippen LogP contribution in [0.4, 0.5) is 0 Å². The maximum absolute atomic E-state index is 6.97. The molecule has 9 nitrogen and oxygen atoms in total. The van der Waals surface area contributed by atoms with Crippen LogP contribution in [0.1, 0.15) is 50.7 Å². The van der Waals surface area contributed by atoms with E-state index in [1.54, 1.807) is 24.8 Å². The van der Waals surface area contributed by atoms with E-state index in [4.69, 9.17) is 28.9 Å². The minimum Gasteiger partial charge on any atom is -0.456 e. The third-order valence-corrected chi connectivity index (χ3v) is 11.2. The Kier molecular flexibility index (Phi) is 11.2. The molecule has 318 valence electrons. The molecule has 0 aliphatic heterocycles. The van der Waals surface area contributed by atoms with E-state index in [-0.39, 0.29) is 11.8 Å². The molecule has 0 spiro atoms. The van der Waals surface area contributed by atoms with Crippen molar-refractivity contribution in [3.63, 3.8) is 0 Å². The lowest BCUT2D eigenvalue weighted by molar-refractivity contribution is 0.448. The van der Waals surface area contributed by atoms with Crippen LogP contribution < -0.4 is 18.9 Å². The summed E-state index contributed by atoms with van der Waals surface area (Å²) in [5, 5.41) is 2.00. The number of pyridine rings is 2. The Morgan fingerprint density at radius 3 is 1.23 bits per heavy atom. The van der Waals surface area contributed by atoms with Crippen molar-refractivity contribution in [1.82, 2.24) is 24.5 Å².